The minimum atomic E-state index is -0.791. The van der Waals surface area contributed by atoms with Gasteiger partial charge in [-0.25, -0.2) is 4.79 Å². The molecule has 8 heteroatoms. The van der Waals surface area contributed by atoms with Gasteiger partial charge in [0.25, 0.3) is 0 Å². The van der Waals surface area contributed by atoms with Crippen molar-refractivity contribution in [2.24, 2.45) is 0 Å². The SMILES string of the molecule is CC(C)(C)OC(=O)N1CCC2C1CCN2c1ccc(C2(C)CCC(=O)NC2=O)nc1. The van der Waals surface area contributed by atoms with E-state index in [4.69, 9.17) is 4.74 Å². The fourth-order valence-corrected chi connectivity index (χ4v) is 4.78. The second kappa shape index (κ2) is 7.25. The molecule has 0 aliphatic carbocycles. The molecule has 0 spiro atoms. The predicted octanol–water partition coefficient (Wildman–Crippen LogP) is 2.36. The number of anilines is 1. The van der Waals surface area contributed by atoms with Crippen LogP contribution in [-0.4, -0.2) is 58.6 Å². The van der Waals surface area contributed by atoms with Crippen LogP contribution < -0.4 is 10.2 Å². The van der Waals surface area contributed by atoms with Gasteiger partial charge in [-0.15, -0.1) is 0 Å². The van der Waals surface area contributed by atoms with Gasteiger partial charge in [0, 0.05) is 19.5 Å². The maximum absolute atomic E-state index is 12.6. The molecular formula is C22H30N4O4. The number of carbonyl (C=O) groups excluding carboxylic acids is 3. The molecule has 3 saturated heterocycles. The molecule has 3 aliphatic rings. The number of hydrogen-bond donors (Lipinski definition) is 1. The van der Waals surface area contributed by atoms with Crippen LogP contribution in [0, 0.1) is 0 Å². The van der Waals surface area contributed by atoms with Gasteiger partial charge in [0.05, 0.1) is 35.1 Å². The van der Waals surface area contributed by atoms with E-state index in [1.807, 2.05) is 50.9 Å². The average Bonchev–Trinajstić information content (AvgIpc) is 3.26. The molecule has 0 bridgehead atoms. The Balaban J connectivity index is 1.47. The summed E-state index contributed by atoms with van der Waals surface area (Å²) in [6.07, 6.45) is 4.15. The summed E-state index contributed by atoms with van der Waals surface area (Å²) in [6.45, 7) is 9.03. The normalized spacial score (nSPS) is 29.1. The first-order chi connectivity index (χ1) is 14.1. The summed E-state index contributed by atoms with van der Waals surface area (Å²) in [5.41, 5.74) is 0.377. The van der Waals surface area contributed by atoms with E-state index in [0.717, 1.165) is 25.1 Å². The molecule has 0 aromatic carbocycles. The molecule has 4 rings (SSSR count). The molecule has 1 aromatic heterocycles. The van der Waals surface area contributed by atoms with Crippen molar-refractivity contribution in [3.05, 3.63) is 24.0 Å². The van der Waals surface area contributed by atoms with E-state index >= 15 is 0 Å². The average molecular weight is 415 g/mol. The van der Waals surface area contributed by atoms with Crippen molar-refractivity contribution in [2.75, 3.05) is 18.0 Å². The zero-order valence-electron chi connectivity index (χ0n) is 18.1. The maximum atomic E-state index is 12.6. The number of imide groups is 1. The van der Waals surface area contributed by atoms with Gasteiger partial charge < -0.3 is 14.5 Å². The van der Waals surface area contributed by atoms with E-state index in [9.17, 15) is 14.4 Å². The Hall–Kier alpha value is -2.64. The number of hydrogen-bond acceptors (Lipinski definition) is 6. The molecule has 1 N–H and O–H groups in total. The Labute approximate surface area is 177 Å². The topological polar surface area (TPSA) is 91.8 Å². The van der Waals surface area contributed by atoms with Gasteiger partial charge in [-0.3, -0.25) is 19.9 Å². The van der Waals surface area contributed by atoms with Crippen LogP contribution in [0.2, 0.25) is 0 Å². The van der Waals surface area contributed by atoms with E-state index in [0.29, 0.717) is 25.1 Å². The quantitative estimate of drug-likeness (QED) is 0.747. The van der Waals surface area contributed by atoms with Crippen molar-refractivity contribution >= 4 is 23.6 Å². The smallest absolute Gasteiger partial charge is 0.410 e. The summed E-state index contributed by atoms with van der Waals surface area (Å²) >= 11 is 0. The molecule has 3 fully saturated rings. The molecule has 3 atom stereocenters. The number of fused-ring (bicyclic) bond motifs is 1. The van der Waals surface area contributed by atoms with E-state index < -0.39 is 11.0 Å². The van der Waals surface area contributed by atoms with E-state index in [-0.39, 0.29) is 30.0 Å². The van der Waals surface area contributed by atoms with Gasteiger partial charge >= 0.3 is 6.09 Å². The second-order valence-electron chi connectivity index (χ2n) is 9.69. The van der Waals surface area contributed by atoms with Gasteiger partial charge in [0.15, 0.2) is 0 Å². The first-order valence-electron chi connectivity index (χ1n) is 10.7. The van der Waals surface area contributed by atoms with Crippen LogP contribution in [0.3, 0.4) is 0 Å². The lowest BCUT2D eigenvalue weighted by atomic mass is 9.78. The maximum Gasteiger partial charge on any atom is 0.410 e. The molecule has 8 nitrogen and oxygen atoms in total. The number of rotatable bonds is 2. The highest BCUT2D eigenvalue weighted by Crippen LogP contribution is 2.37. The lowest BCUT2D eigenvalue weighted by Gasteiger charge is -2.32. The zero-order chi connectivity index (χ0) is 21.7. The molecule has 162 valence electrons. The monoisotopic (exact) mass is 414 g/mol. The predicted molar refractivity (Wildman–Crippen MR) is 111 cm³/mol. The van der Waals surface area contributed by atoms with Gasteiger partial charge in [0.1, 0.15) is 5.60 Å². The first-order valence-corrected chi connectivity index (χ1v) is 10.7. The van der Waals surface area contributed by atoms with Crippen molar-refractivity contribution in [1.29, 1.82) is 0 Å². The highest BCUT2D eigenvalue weighted by atomic mass is 16.6. The number of nitrogens with one attached hydrogen (secondary N) is 1. The minimum absolute atomic E-state index is 0.146. The molecular weight excluding hydrogens is 384 g/mol. The van der Waals surface area contributed by atoms with Gasteiger partial charge in [-0.2, -0.15) is 0 Å². The Morgan fingerprint density at radius 2 is 1.93 bits per heavy atom. The summed E-state index contributed by atoms with van der Waals surface area (Å²) in [6, 6.07) is 4.28. The van der Waals surface area contributed by atoms with Crippen molar-refractivity contribution < 1.29 is 19.1 Å². The van der Waals surface area contributed by atoms with Gasteiger partial charge in [-0.05, 0) is 59.1 Å². The molecule has 0 radical (unpaired) electrons. The number of likely N-dealkylation sites (tertiary alicyclic amines) is 1. The van der Waals surface area contributed by atoms with Crippen LogP contribution in [-0.2, 0) is 19.7 Å². The summed E-state index contributed by atoms with van der Waals surface area (Å²) in [7, 11) is 0. The number of pyridine rings is 1. The minimum Gasteiger partial charge on any atom is -0.444 e. The molecule has 4 heterocycles. The van der Waals surface area contributed by atoms with Crippen LogP contribution in [0.1, 0.15) is 59.1 Å². The summed E-state index contributed by atoms with van der Waals surface area (Å²) in [5.74, 6) is -0.517. The largest absolute Gasteiger partial charge is 0.444 e. The van der Waals surface area contributed by atoms with E-state index in [2.05, 4.69) is 15.2 Å². The third-order valence-corrected chi connectivity index (χ3v) is 6.46. The van der Waals surface area contributed by atoms with Crippen LogP contribution in [0.15, 0.2) is 18.3 Å². The lowest BCUT2D eigenvalue weighted by Crippen LogP contribution is -2.50. The van der Waals surface area contributed by atoms with Crippen LogP contribution >= 0.6 is 0 Å². The van der Waals surface area contributed by atoms with Crippen molar-refractivity contribution in [3.63, 3.8) is 0 Å². The fraction of sp³-hybridized carbons (Fsp3) is 0.636. The summed E-state index contributed by atoms with van der Waals surface area (Å²) in [4.78, 5) is 45.2. The number of carbonyl (C=O) groups is 3. The fourth-order valence-electron chi connectivity index (χ4n) is 4.78. The highest BCUT2D eigenvalue weighted by Gasteiger charge is 2.46. The summed E-state index contributed by atoms with van der Waals surface area (Å²) < 4.78 is 5.58. The lowest BCUT2D eigenvalue weighted by molar-refractivity contribution is -0.137. The molecule has 0 saturated carbocycles. The van der Waals surface area contributed by atoms with Gasteiger partial charge in [-0.1, -0.05) is 0 Å². The number of ether oxygens (including phenoxy) is 1. The second-order valence-corrected chi connectivity index (χ2v) is 9.69. The third kappa shape index (κ3) is 3.63. The Bertz CT molecular complexity index is 863. The summed E-state index contributed by atoms with van der Waals surface area (Å²) in [5, 5.41) is 2.42. The van der Waals surface area contributed by atoms with Crippen molar-refractivity contribution in [1.82, 2.24) is 15.2 Å². The zero-order valence-corrected chi connectivity index (χ0v) is 18.1. The Morgan fingerprint density at radius 1 is 1.20 bits per heavy atom. The molecule has 3 aliphatic heterocycles. The number of aromatic nitrogens is 1. The molecule has 30 heavy (non-hydrogen) atoms. The molecule has 1 aromatic rings. The Morgan fingerprint density at radius 3 is 2.57 bits per heavy atom. The van der Waals surface area contributed by atoms with E-state index in [1.54, 1.807) is 0 Å². The van der Waals surface area contributed by atoms with Crippen molar-refractivity contribution in [3.8, 4) is 0 Å². The standard InChI is InChI=1S/C22H30N4O4/c1-21(2,3)30-20(29)26-12-9-15-16(26)8-11-25(15)14-5-6-17(23-13-14)22(4)10-7-18(27)24-19(22)28/h5-6,13,15-16H,7-12H2,1-4H3,(H,24,27,28). The number of nitrogens with zero attached hydrogens (tertiary/aromatic N) is 3. The number of piperidine rings is 1. The van der Waals surface area contributed by atoms with Gasteiger partial charge in [0.2, 0.25) is 11.8 Å². The third-order valence-electron chi connectivity index (χ3n) is 6.46. The highest BCUT2D eigenvalue weighted by molar-refractivity contribution is 6.03. The van der Waals surface area contributed by atoms with Crippen LogP contribution in [0.5, 0.6) is 0 Å². The van der Waals surface area contributed by atoms with Crippen LogP contribution in [0.25, 0.3) is 0 Å². The Kier molecular flexibility index (Phi) is 4.98. The number of amides is 3. The van der Waals surface area contributed by atoms with Crippen molar-refractivity contribution in [2.45, 2.75) is 76.5 Å². The van der Waals surface area contributed by atoms with Crippen LogP contribution in [0.4, 0.5) is 10.5 Å². The van der Waals surface area contributed by atoms with E-state index in [1.165, 1.54) is 0 Å². The molecule has 3 amide bonds. The first kappa shape index (κ1) is 20.6. The molecule has 3 unspecified atom stereocenters.